The maximum Gasteiger partial charge on any atom is 0.357 e. The van der Waals surface area contributed by atoms with Gasteiger partial charge in [-0.25, -0.2) is 9.78 Å². The zero-order valence-corrected chi connectivity index (χ0v) is 9.97. The summed E-state index contributed by atoms with van der Waals surface area (Å²) in [6, 6.07) is 3.71. The zero-order valence-electron chi connectivity index (χ0n) is 9.97. The topological polar surface area (TPSA) is 57.0 Å². The van der Waals surface area contributed by atoms with Crippen LogP contribution in [0.3, 0.4) is 0 Å². The molecule has 2 aromatic heterocycles. The minimum atomic E-state index is -0.437. The molecule has 2 aromatic rings. The Morgan fingerprint density at radius 3 is 2.76 bits per heavy atom. The molecule has 0 aliphatic carbocycles. The number of carbonyl (C=O) groups excluding carboxylic acids is 1. The van der Waals surface area contributed by atoms with Crippen LogP contribution in [0.15, 0.2) is 24.5 Å². The molecule has 0 unspecified atom stereocenters. The lowest BCUT2D eigenvalue weighted by Gasteiger charge is -2.05. The average Bonchev–Trinajstić information content (AvgIpc) is 2.74. The third-order valence-corrected chi connectivity index (χ3v) is 2.43. The third kappa shape index (κ3) is 2.18. The normalized spacial score (nSPS) is 10.3. The Kier molecular flexibility index (Phi) is 2.91. The second-order valence-corrected chi connectivity index (χ2v) is 3.74. The summed E-state index contributed by atoms with van der Waals surface area (Å²) in [7, 11) is 3.17. The summed E-state index contributed by atoms with van der Waals surface area (Å²) in [5, 5.41) is 4.08. The van der Waals surface area contributed by atoms with E-state index in [1.807, 2.05) is 32.3 Å². The van der Waals surface area contributed by atoms with Gasteiger partial charge in [0.25, 0.3) is 0 Å². The summed E-state index contributed by atoms with van der Waals surface area (Å²) in [5.74, 6) is -0.437. The molecule has 0 N–H and O–H groups in total. The number of nitrogens with zero attached hydrogens (tertiary/aromatic N) is 3. The number of hydrogen-bond acceptors (Lipinski definition) is 4. The molecular formula is C12H13N3O2. The molecule has 5 heteroatoms. The van der Waals surface area contributed by atoms with E-state index in [0.29, 0.717) is 5.69 Å². The van der Waals surface area contributed by atoms with Crippen LogP contribution >= 0.6 is 0 Å². The molecule has 0 aliphatic heterocycles. The van der Waals surface area contributed by atoms with Crippen LogP contribution in [0.2, 0.25) is 0 Å². The third-order valence-electron chi connectivity index (χ3n) is 2.43. The Balaban J connectivity index is 2.57. The molecule has 0 atom stereocenters. The number of aryl methyl sites for hydroxylation is 2. The molecule has 0 spiro atoms. The predicted octanol–water partition coefficient (Wildman–Crippen LogP) is 1.58. The molecule has 0 bridgehead atoms. The highest BCUT2D eigenvalue weighted by Crippen LogP contribution is 2.22. The van der Waals surface area contributed by atoms with Crippen LogP contribution in [-0.4, -0.2) is 27.8 Å². The van der Waals surface area contributed by atoms with Gasteiger partial charge in [-0.2, -0.15) is 5.10 Å². The van der Waals surface area contributed by atoms with E-state index in [2.05, 4.69) is 10.1 Å². The number of hydrogen-bond donors (Lipinski definition) is 0. The van der Waals surface area contributed by atoms with E-state index < -0.39 is 5.97 Å². The minimum Gasteiger partial charge on any atom is -0.464 e. The minimum absolute atomic E-state index is 0.320. The van der Waals surface area contributed by atoms with Crippen molar-refractivity contribution in [2.45, 2.75) is 6.92 Å². The van der Waals surface area contributed by atoms with Crippen molar-refractivity contribution in [1.82, 2.24) is 14.8 Å². The molecule has 0 aliphatic rings. The molecule has 5 nitrogen and oxygen atoms in total. The van der Waals surface area contributed by atoms with E-state index in [0.717, 1.165) is 16.8 Å². The first-order valence-electron chi connectivity index (χ1n) is 5.17. The second kappa shape index (κ2) is 4.37. The van der Waals surface area contributed by atoms with Crippen LogP contribution < -0.4 is 0 Å². The number of methoxy groups -OCH3 is 1. The van der Waals surface area contributed by atoms with Gasteiger partial charge in [-0.15, -0.1) is 0 Å². The van der Waals surface area contributed by atoms with Crippen LogP contribution in [0, 0.1) is 6.92 Å². The Labute approximate surface area is 99.1 Å². The van der Waals surface area contributed by atoms with E-state index in [1.54, 1.807) is 10.9 Å². The molecule has 88 valence electrons. The second-order valence-electron chi connectivity index (χ2n) is 3.74. The SMILES string of the molecule is COC(=O)c1nc(C)ccc1-c1cnn(C)c1. The van der Waals surface area contributed by atoms with Crippen molar-refractivity contribution < 1.29 is 9.53 Å². The summed E-state index contributed by atoms with van der Waals surface area (Å²) in [5.41, 5.74) is 2.68. The summed E-state index contributed by atoms with van der Waals surface area (Å²) < 4.78 is 6.41. The predicted molar refractivity (Wildman–Crippen MR) is 62.5 cm³/mol. The largest absolute Gasteiger partial charge is 0.464 e. The maximum atomic E-state index is 11.7. The average molecular weight is 231 g/mol. The van der Waals surface area contributed by atoms with Gasteiger partial charge in [0.2, 0.25) is 0 Å². The zero-order chi connectivity index (χ0) is 12.4. The lowest BCUT2D eigenvalue weighted by atomic mass is 10.1. The smallest absolute Gasteiger partial charge is 0.357 e. The van der Waals surface area contributed by atoms with E-state index in [4.69, 9.17) is 4.74 Å². The van der Waals surface area contributed by atoms with Gasteiger partial charge in [0.05, 0.1) is 13.3 Å². The van der Waals surface area contributed by atoms with E-state index >= 15 is 0 Å². The van der Waals surface area contributed by atoms with Crippen LogP contribution in [0.5, 0.6) is 0 Å². The highest BCUT2D eigenvalue weighted by Gasteiger charge is 2.16. The van der Waals surface area contributed by atoms with Gasteiger partial charge in [0, 0.05) is 30.1 Å². The first-order valence-corrected chi connectivity index (χ1v) is 5.17. The van der Waals surface area contributed by atoms with Gasteiger partial charge >= 0.3 is 5.97 Å². The Morgan fingerprint density at radius 2 is 2.18 bits per heavy atom. The van der Waals surface area contributed by atoms with Crippen LogP contribution in [-0.2, 0) is 11.8 Å². The quantitative estimate of drug-likeness (QED) is 0.736. The van der Waals surface area contributed by atoms with Gasteiger partial charge in [0.15, 0.2) is 5.69 Å². The summed E-state index contributed by atoms with van der Waals surface area (Å²) >= 11 is 0. The molecule has 2 rings (SSSR count). The van der Waals surface area contributed by atoms with Gasteiger partial charge in [-0.1, -0.05) is 6.07 Å². The van der Waals surface area contributed by atoms with E-state index in [-0.39, 0.29) is 0 Å². The number of rotatable bonds is 2. The molecule has 17 heavy (non-hydrogen) atoms. The highest BCUT2D eigenvalue weighted by atomic mass is 16.5. The van der Waals surface area contributed by atoms with Gasteiger partial charge in [-0.3, -0.25) is 4.68 Å². The summed E-state index contributed by atoms with van der Waals surface area (Å²) in [6.45, 7) is 1.83. The molecule has 0 radical (unpaired) electrons. The fourth-order valence-corrected chi connectivity index (χ4v) is 1.60. The van der Waals surface area contributed by atoms with Crippen molar-refractivity contribution in [1.29, 1.82) is 0 Å². The lowest BCUT2D eigenvalue weighted by Crippen LogP contribution is -2.07. The van der Waals surface area contributed by atoms with Crippen molar-refractivity contribution in [3.63, 3.8) is 0 Å². The summed E-state index contributed by atoms with van der Waals surface area (Å²) in [4.78, 5) is 15.9. The molecular weight excluding hydrogens is 218 g/mol. The monoisotopic (exact) mass is 231 g/mol. The molecule has 2 heterocycles. The van der Waals surface area contributed by atoms with E-state index in [9.17, 15) is 4.79 Å². The number of carbonyl (C=O) groups is 1. The van der Waals surface area contributed by atoms with Crippen LogP contribution in [0.1, 0.15) is 16.2 Å². The first kappa shape index (κ1) is 11.3. The van der Waals surface area contributed by atoms with Crippen molar-refractivity contribution >= 4 is 5.97 Å². The van der Waals surface area contributed by atoms with Crippen molar-refractivity contribution in [2.24, 2.45) is 7.05 Å². The first-order chi connectivity index (χ1) is 8.11. The van der Waals surface area contributed by atoms with Gasteiger partial charge in [0.1, 0.15) is 0 Å². The Bertz CT molecular complexity index is 561. The fraction of sp³-hybridized carbons (Fsp3) is 0.250. The number of esters is 1. The molecule has 0 aromatic carbocycles. The fourth-order valence-electron chi connectivity index (χ4n) is 1.60. The molecule has 0 saturated heterocycles. The van der Waals surface area contributed by atoms with Crippen molar-refractivity contribution in [3.8, 4) is 11.1 Å². The van der Waals surface area contributed by atoms with Crippen LogP contribution in [0.25, 0.3) is 11.1 Å². The number of ether oxygens (including phenoxy) is 1. The Hall–Kier alpha value is -2.17. The Morgan fingerprint density at radius 1 is 1.41 bits per heavy atom. The van der Waals surface area contributed by atoms with Crippen molar-refractivity contribution in [3.05, 3.63) is 35.9 Å². The highest BCUT2D eigenvalue weighted by molar-refractivity contribution is 5.95. The number of aromatic nitrogens is 3. The van der Waals surface area contributed by atoms with Crippen molar-refractivity contribution in [2.75, 3.05) is 7.11 Å². The molecule has 0 amide bonds. The van der Waals surface area contributed by atoms with E-state index in [1.165, 1.54) is 7.11 Å². The van der Waals surface area contributed by atoms with Crippen LogP contribution in [0.4, 0.5) is 0 Å². The molecule has 0 fully saturated rings. The van der Waals surface area contributed by atoms with Gasteiger partial charge in [-0.05, 0) is 13.0 Å². The summed E-state index contributed by atoms with van der Waals surface area (Å²) in [6.07, 6.45) is 3.53. The van der Waals surface area contributed by atoms with Gasteiger partial charge < -0.3 is 4.74 Å². The maximum absolute atomic E-state index is 11.7. The standard InChI is InChI=1S/C12H13N3O2/c1-8-4-5-10(9-6-13-15(2)7-9)11(14-8)12(16)17-3/h4-7H,1-3H3. The lowest BCUT2D eigenvalue weighted by molar-refractivity contribution is 0.0595. The molecule has 0 saturated carbocycles. The number of pyridine rings is 1.